The SMILES string of the molecule is Cc1nonc1C(=O)NC(C(=O)Nc1cn(C(C)c2cc(Cl)n[nH]c2=O)nc1F)C(C1CC1)C1CC1. The minimum absolute atomic E-state index is 0.00722. The molecule has 190 valence electrons. The highest BCUT2D eigenvalue weighted by atomic mass is 35.5. The van der Waals surface area contributed by atoms with E-state index in [2.05, 4.69) is 40.9 Å². The van der Waals surface area contributed by atoms with E-state index in [0.29, 0.717) is 17.5 Å². The van der Waals surface area contributed by atoms with Gasteiger partial charge in [-0.3, -0.25) is 19.1 Å². The molecule has 2 amide bonds. The summed E-state index contributed by atoms with van der Waals surface area (Å²) in [5.74, 6) is -1.54. The molecular weight excluding hydrogens is 495 g/mol. The molecule has 0 bridgehead atoms. The first-order valence-electron chi connectivity index (χ1n) is 11.6. The van der Waals surface area contributed by atoms with E-state index in [1.807, 2.05) is 0 Å². The summed E-state index contributed by atoms with van der Waals surface area (Å²) in [4.78, 5) is 38.5. The van der Waals surface area contributed by atoms with E-state index in [0.717, 1.165) is 25.7 Å². The smallest absolute Gasteiger partial charge is 0.276 e. The molecule has 3 heterocycles. The Morgan fingerprint density at radius 2 is 1.94 bits per heavy atom. The van der Waals surface area contributed by atoms with Crippen LogP contribution in [-0.2, 0) is 4.79 Å². The minimum atomic E-state index is -0.928. The van der Waals surface area contributed by atoms with Gasteiger partial charge in [0.25, 0.3) is 17.4 Å². The van der Waals surface area contributed by atoms with Gasteiger partial charge in [0.05, 0.1) is 12.2 Å². The van der Waals surface area contributed by atoms with Crippen molar-refractivity contribution in [2.75, 3.05) is 5.32 Å². The van der Waals surface area contributed by atoms with Gasteiger partial charge < -0.3 is 10.6 Å². The topological polar surface area (TPSA) is 161 Å². The zero-order valence-electron chi connectivity index (χ0n) is 19.5. The van der Waals surface area contributed by atoms with Crippen LogP contribution in [0, 0.1) is 30.6 Å². The molecule has 2 atom stereocenters. The van der Waals surface area contributed by atoms with Crippen LogP contribution in [-0.4, -0.2) is 48.1 Å². The van der Waals surface area contributed by atoms with Gasteiger partial charge in [-0.2, -0.15) is 9.49 Å². The molecule has 12 nitrogen and oxygen atoms in total. The van der Waals surface area contributed by atoms with Gasteiger partial charge in [0, 0.05) is 5.56 Å². The summed E-state index contributed by atoms with van der Waals surface area (Å²) in [6, 6.07) is -0.237. The highest BCUT2D eigenvalue weighted by Gasteiger charge is 2.48. The lowest BCUT2D eigenvalue weighted by atomic mass is 9.88. The number of anilines is 1. The molecule has 5 rings (SSSR count). The number of aromatic nitrogens is 6. The zero-order chi connectivity index (χ0) is 25.6. The first-order valence-corrected chi connectivity index (χ1v) is 12.0. The molecule has 3 aromatic rings. The monoisotopic (exact) mass is 518 g/mol. The molecule has 2 aliphatic rings. The predicted octanol–water partition coefficient (Wildman–Crippen LogP) is 2.23. The first-order chi connectivity index (χ1) is 17.2. The molecule has 36 heavy (non-hydrogen) atoms. The lowest BCUT2D eigenvalue weighted by molar-refractivity contribution is -0.119. The number of amides is 2. The molecule has 14 heteroatoms. The Hall–Kier alpha value is -3.61. The van der Waals surface area contributed by atoms with Crippen LogP contribution in [0.2, 0.25) is 5.15 Å². The standard InChI is InChI=1S/C22H24ClFN8O4/c1-9-17(31-36-30-9)21(34)26-18(16(11-3-4-11)12-5-6-12)22(35)25-14-8-32(29-19(14)24)10(2)13-7-15(23)27-28-20(13)33/h7-8,10-12,16,18H,3-6H2,1-2H3,(H,25,35)(H,26,34)(H,28,33). The van der Waals surface area contributed by atoms with Crippen molar-refractivity contribution >= 4 is 29.1 Å². The van der Waals surface area contributed by atoms with Crippen LogP contribution in [0.25, 0.3) is 0 Å². The van der Waals surface area contributed by atoms with Crippen LogP contribution in [0.3, 0.4) is 0 Å². The summed E-state index contributed by atoms with van der Waals surface area (Å²) in [6.45, 7) is 3.21. The van der Waals surface area contributed by atoms with E-state index in [1.54, 1.807) is 13.8 Å². The second-order valence-corrected chi connectivity index (χ2v) is 9.74. The highest BCUT2D eigenvalue weighted by Crippen LogP contribution is 2.51. The fraction of sp³-hybridized carbons (Fsp3) is 0.500. The van der Waals surface area contributed by atoms with Crippen LogP contribution in [0.15, 0.2) is 21.7 Å². The van der Waals surface area contributed by atoms with Crippen LogP contribution >= 0.6 is 11.6 Å². The largest absolute Gasteiger partial charge is 0.338 e. The summed E-state index contributed by atoms with van der Waals surface area (Å²) in [7, 11) is 0. The van der Waals surface area contributed by atoms with Crippen molar-refractivity contribution < 1.29 is 18.6 Å². The summed E-state index contributed by atoms with van der Waals surface area (Å²) in [5.41, 5.74) is -0.154. The van der Waals surface area contributed by atoms with E-state index in [4.69, 9.17) is 11.6 Å². The van der Waals surface area contributed by atoms with Crippen molar-refractivity contribution in [1.82, 2.24) is 35.6 Å². The number of carbonyl (C=O) groups excluding carboxylic acids is 2. The fourth-order valence-corrected chi connectivity index (χ4v) is 4.75. The molecular formula is C22H24ClFN8O4. The Bertz CT molecular complexity index is 1350. The molecule has 2 unspecified atom stereocenters. The number of halogens is 2. The van der Waals surface area contributed by atoms with Crippen LogP contribution in [0.4, 0.5) is 10.1 Å². The third-order valence-electron chi connectivity index (χ3n) is 6.75. The number of hydrogen-bond donors (Lipinski definition) is 3. The number of carbonyl (C=O) groups is 2. The van der Waals surface area contributed by atoms with Gasteiger partial charge in [-0.05, 0) is 68.5 Å². The molecule has 3 N–H and O–H groups in total. The van der Waals surface area contributed by atoms with E-state index < -0.39 is 35.4 Å². The number of aromatic amines is 1. The second kappa shape index (κ2) is 9.45. The molecule has 0 radical (unpaired) electrons. The third-order valence-corrected chi connectivity index (χ3v) is 6.94. The van der Waals surface area contributed by atoms with Crippen LogP contribution < -0.4 is 16.2 Å². The maximum Gasteiger partial charge on any atom is 0.276 e. The second-order valence-electron chi connectivity index (χ2n) is 9.36. The van der Waals surface area contributed by atoms with Gasteiger partial charge in [0.1, 0.15) is 22.6 Å². The van der Waals surface area contributed by atoms with Crippen molar-refractivity contribution in [3.63, 3.8) is 0 Å². The third kappa shape index (κ3) is 4.87. The summed E-state index contributed by atoms with van der Waals surface area (Å²) in [5, 5.41) is 22.4. The van der Waals surface area contributed by atoms with Crippen molar-refractivity contribution in [2.24, 2.45) is 17.8 Å². The van der Waals surface area contributed by atoms with Gasteiger partial charge in [-0.1, -0.05) is 16.8 Å². The molecule has 2 aliphatic carbocycles. The van der Waals surface area contributed by atoms with Crippen molar-refractivity contribution in [3.8, 4) is 0 Å². The van der Waals surface area contributed by atoms with Gasteiger partial charge in [-0.25, -0.2) is 9.73 Å². The Morgan fingerprint density at radius 3 is 2.56 bits per heavy atom. The van der Waals surface area contributed by atoms with Crippen LogP contribution in [0.5, 0.6) is 0 Å². The molecule has 0 aromatic carbocycles. The number of rotatable bonds is 9. The Labute approximate surface area is 208 Å². The number of H-pyrrole nitrogens is 1. The fourth-order valence-electron chi connectivity index (χ4n) is 4.59. The van der Waals surface area contributed by atoms with Gasteiger partial charge in [0.15, 0.2) is 5.69 Å². The first kappa shape index (κ1) is 24.1. The molecule has 2 saturated carbocycles. The Morgan fingerprint density at radius 1 is 1.25 bits per heavy atom. The Kier molecular flexibility index (Phi) is 6.33. The minimum Gasteiger partial charge on any atom is -0.338 e. The molecule has 0 saturated heterocycles. The number of nitrogens with zero attached hydrogens (tertiary/aromatic N) is 5. The van der Waals surface area contributed by atoms with Crippen molar-refractivity contribution in [3.05, 3.63) is 50.7 Å². The molecule has 0 aliphatic heterocycles. The van der Waals surface area contributed by atoms with E-state index >= 15 is 0 Å². The van der Waals surface area contributed by atoms with Gasteiger partial charge >= 0.3 is 0 Å². The molecule has 2 fully saturated rings. The summed E-state index contributed by atoms with van der Waals surface area (Å²) in [6.07, 6.45) is 5.17. The van der Waals surface area contributed by atoms with E-state index in [-0.39, 0.29) is 28.0 Å². The molecule has 0 spiro atoms. The lowest BCUT2D eigenvalue weighted by Gasteiger charge is -2.27. The predicted molar refractivity (Wildman–Crippen MR) is 124 cm³/mol. The number of hydrogen-bond acceptors (Lipinski definition) is 8. The summed E-state index contributed by atoms with van der Waals surface area (Å²) >= 11 is 5.88. The average Bonchev–Trinajstić information content (AvgIpc) is 3.78. The Balaban J connectivity index is 1.38. The van der Waals surface area contributed by atoms with Crippen molar-refractivity contribution in [1.29, 1.82) is 0 Å². The molecule has 3 aromatic heterocycles. The lowest BCUT2D eigenvalue weighted by Crippen LogP contribution is -2.50. The highest BCUT2D eigenvalue weighted by molar-refractivity contribution is 6.29. The summed E-state index contributed by atoms with van der Waals surface area (Å²) < 4.78 is 20.6. The van der Waals surface area contributed by atoms with Crippen LogP contribution in [0.1, 0.15) is 60.4 Å². The maximum absolute atomic E-state index is 14.8. The maximum atomic E-state index is 14.8. The van der Waals surface area contributed by atoms with Gasteiger partial charge in [0.2, 0.25) is 5.91 Å². The van der Waals surface area contributed by atoms with E-state index in [9.17, 15) is 18.8 Å². The normalized spacial score (nSPS) is 17.1. The van der Waals surface area contributed by atoms with E-state index in [1.165, 1.54) is 16.9 Å². The quantitative estimate of drug-likeness (QED) is 0.388. The average molecular weight is 519 g/mol. The number of nitrogens with one attached hydrogen (secondary N) is 3. The zero-order valence-corrected chi connectivity index (χ0v) is 20.3. The van der Waals surface area contributed by atoms with Crippen molar-refractivity contribution in [2.45, 2.75) is 51.6 Å². The number of aryl methyl sites for hydroxylation is 1. The van der Waals surface area contributed by atoms with Gasteiger partial charge in [-0.15, -0.1) is 5.10 Å².